The molecular formula is C12H12F2N2O4. The molecule has 1 unspecified atom stereocenters. The summed E-state index contributed by atoms with van der Waals surface area (Å²) >= 11 is 0. The van der Waals surface area contributed by atoms with Gasteiger partial charge in [-0.2, -0.15) is 0 Å². The molecule has 1 aliphatic rings. The zero-order valence-electron chi connectivity index (χ0n) is 10.6. The summed E-state index contributed by atoms with van der Waals surface area (Å²) in [5.41, 5.74) is -1.22. The van der Waals surface area contributed by atoms with Crippen LogP contribution >= 0.6 is 0 Å². The number of carbonyl (C=O) groups is 1. The number of nitro groups is 1. The number of rotatable bonds is 3. The Bertz CT molecular complexity index is 559. The molecule has 2 rings (SSSR count). The minimum atomic E-state index is -1.36. The lowest BCUT2D eigenvalue weighted by molar-refractivity contribution is -0.385. The Labute approximate surface area is 113 Å². The van der Waals surface area contributed by atoms with Crippen LogP contribution in [0.5, 0.6) is 0 Å². The van der Waals surface area contributed by atoms with Crippen LogP contribution < -0.4 is 0 Å². The van der Waals surface area contributed by atoms with Crippen molar-refractivity contribution in [2.24, 2.45) is 0 Å². The van der Waals surface area contributed by atoms with Crippen LogP contribution in [0.2, 0.25) is 0 Å². The molecule has 1 aromatic carbocycles. The second-order valence-corrected chi connectivity index (χ2v) is 4.47. The summed E-state index contributed by atoms with van der Waals surface area (Å²) in [5.74, 6) is -3.39. The van der Waals surface area contributed by atoms with Crippen molar-refractivity contribution in [3.05, 3.63) is 39.4 Å². The Balaban J connectivity index is 2.37. The van der Waals surface area contributed by atoms with Crippen molar-refractivity contribution in [1.29, 1.82) is 0 Å². The summed E-state index contributed by atoms with van der Waals surface area (Å²) in [6, 6.07) is 0.749. The largest absolute Gasteiger partial charge is 0.379 e. The van der Waals surface area contributed by atoms with E-state index in [-0.39, 0.29) is 6.04 Å². The van der Waals surface area contributed by atoms with Crippen molar-refractivity contribution < 1.29 is 23.2 Å². The molecule has 0 bridgehead atoms. The van der Waals surface area contributed by atoms with Crippen molar-refractivity contribution >= 4 is 11.6 Å². The lowest BCUT2D eigenvalue weighted by Gasteiger charge is -2.23. The van der Waals surface area contributed by atoms with E-state index in [2.05, 4.69) is 0 Å². The number of halogens is 2. The molecule has 0 N–H and O–H groups in total. The predicted octanol–water partition coefficient (Wildman–Crippen LogP) is 1.73. The van der Waals surface area contributed by atoms with Crippen molar-refractivity contribution in [3.8, 4) is 0 Å². The number of carbonyl (C=O) groups excluding carboxylic acids is 1. The van der Waals surface area contributed by atoms with Gasteiger partial charge in [-0.25, -0.2) is 8.78 Å². The average molecular weight is 286 g/mol. The summed E-state index contributed by atoms with van der Waals surface area (Å²) in [6.07, 6.45) is 0.597. The number of ether oxygens (including phenoxy) is 1. The van der Waals surface area contributed by atoms with Crippen LogP contribution in [-0.2, 0) is 4.74 Å². The number of hydrogen-bond donors (Lipinski definition) is 0. The van der Waals surface area contributed by atoms with E-state index in [1.807, 2.05) is 0 Å². The van der Waals surface area contributed by atoms with Gasteiger partial charge in [-0.15, -0.1) is 0 Å². The van der Waals surface area contributed by atoms with Crippen molar-refractivity contribution in [1.82, 2.24) is 4.90 Å². The van der Waals surface area contributed by atoms with Crippen LogP contribution in [0, 0.1) is 21.7 Å². The van der Waals surface area contributed by atoms with E-state index in [1.54, 1.807) is 0 Å². The fraction of sp³-hybridized carbons (Fsp3) is 0.417. The van der Waals surface area contributed by atoms with E-state index in [9.17, 15) is 23.7 Å². The summed E-state index contributed by atoms with van der Waals surface area (Å²) < 4.78 is 31.4. The van der Waals surface area contributed by atoms with Gasteiger partial charge in [0.15, 0.2) is 11.6 Å². The standard InChI is InChI=1S/C12H12F2N2O4/c1-15(7-2-3-20-6-7)12(17)8-4-9(13)10(14)5-11(8)16(18)19/h4-5,7H,2-3,6H2,1H3. The zero-order chi connectivity index (χ0) is 14.9. The van der Waals surface area contributed by atoms with E-state index < -0.39 is 33.7 Å². The molecule has 0 radical (unpaired) electrons. The summed E-state index contributed by atoms with van der Waals surface area (Å²) in [7, 11) is 1.45. The quantitative estimate of drug-likeness (QED) is 0.626. The molecule has 108 valence electrons. The van der Waals surface area contributed by atoms with Gasteiger partial charge in [0, 0.05) is 13.7 Å². The zero-order valence-corrected chi connectivity index (χ0v) is 10.6. The third kappa shape index (κ3) is 2.60. The fourth-order valence-electron chi connectivity index (χ4n) is 2.04. The number of nitrogens with zero attached hydrogens (tertiary/aromatic N) is 2. The molecule has 1 saturated heterocycles. The maximum atomic E-state index is 13.2. The minimum Gasteiger partial charge on any atom is -0.379 e. The van der Waals surface area contributed by atoms with E-state index >= 15 is 0 Å². The van der Waals surface area contributed by atoms with Crippen LogP contribution in [0.3, 0.4) is 0 Å². The van der Waals surface area contributed by atoms with Crippen LogP contribution in [0.15, 0.2) is 12.1 Å². The molecule has 6 nitrogen and oxygen atoms in total. The van der Waals surface area contributed by atoms with Crippen LogP contribution in [0.4, 0.5) is 14.5 Å². The lowest BCUT2D eigenvalue weighted by atomic mass is 10.1. The number of likely N-dealkylation sites (N-methyl/N-ethyl adjacent to an activating group) is 1. The Kier molecular flexibility index (Phi) is 3.93. The van der Waals surface area contributed by atoms with Crippen molar-refractivity contribution in [2.75, 3.05) is 20.3 Å². The SMILES string of the molecule is CN(C(=O)c1cc(F)c(F)cc1[N+](=O)[O-])C1CCOC1. The highest BCUT2D eigenvalue weighted by Gasteiger charge is 2.30. The fourth-order valence-corrected chi connectivity index (χ4v) is 2.04. The van der Waals surface area contributed by atoms with Gasteiger partial charge in [-0.05, 0) is 12.5 Å². The molecule has 0 aliphatic carbocycles. The number of nitro benzene ring substituents is 1. The molecule has 1 amide bonds. The molecule has 1 heterocycles. The normalized spacial score (nSPS) is 18.1. The first kappa shape index (κ1) is 14.3. The van der Waals surface area contributed by atoms with E-state index in [4.69, 9.17) is 4.74 Å². The molecule has 1 fully saturated rings. The summed E-state index contributed by atoms with van der Waals surface area (Å²) in [6.45, 7) is 0.807. The highest BCUT2D eigenvalue weighted by Crippen LogP contribution is 2.25. The van der Waals surface area contributed by atoms with Crippen molar-refractivity contribution in [3.63, 3.8) is 0 Å². The highest BCUT2D eigenvalue weighted by molar-refractivity contribution is 5.98. The first-order valence-corrected chi connectivity index (χ1v) is 5.90. The van der Waals surface area contributed by atoms with E-state index in [0.29, 0.717) is 31.8 Å². The Hall–Kier alpha value is -2.09. The van der Waals surface area contributed by atoms with Crippen molar-refractivity contribution in [2.45, 2.75) is 12.5 Å². The van der Waals surface area contributed by atoms with Gasteiger partial charge in [0.2, 0.25) is 0 Å². The van der Waals surface area contributed by atoms with Gasteiger partial charge in [0.1, 0.15) is 5.56 Å². The maximum absolute atomic E-state index is 13.2. The molecule has 0 saturated carbocycles. The Morgan fingerprint density at radius 3 is 2.65 bits per heavy atom. The van der Waals surface area contributed by atoms with E-state index in [0.717, 1.165) is 0 Å². The molecule has 1 atom stereocenters. The van der Waals surface area contributed by atoms with Gasteiger partial charge in [0.25, 0.3) is 11.6 Å². The first-order chi connectivity index (χ1) is 9.41. The average Bonchev–Trinajstić information content (AvgIpc) is 2.93. The van der Waals surface area contributed by atoms with E-state index in [1.165, 1.54) is 11.9 Å². The second kappa shape index (κ2) is 5.49. The molecular weight excluding hydrogens is 274 g/mol. The molecule has 0 aromatic heterocycles. The Morgan fingerprint density at radius 2 is 2.10 bits per heavy atom. The number of amides is 1. The topological polar surface area (TPSA) is 72.7 Å². The van der Waals surface area contributed by atoms with Gasteiger partial charge < -0.3 is 9.64 Å². The van der Waals surface area contributed by atoms with Crippen LogP contribution in [-0.4, -0.2) is 42.0 Å². The molecule has 20 heavy (non-hydrogen) atoms. The summed E-state index contributed by atoms with van der Waals surface area (Å²) in [4.78, 5) is 23.4. The van der Waals surface area contributed by atoms with Crippen LogP contribution in [0.25, 0.3) is 0 Å². The summed E-state index contributed by atoms with van der Waals surface area (Å²) in [5, 5.41) is 10.9. The molecule has 0 spiro atoms. The Morgan fingerprint density at radius 1 is 1.45 bits per heavy atom. The smallest absolute Gasteiger partial charge is 0.285 e. The number of hydrogen-bond acceptors (Lipinski definition) is 4. The maximum Gasteiger partial charge on any atom is 0.285 e. The molecule has 1 aliphatic heterocycles. The minimum absolute atomic E-state index is 0.227. The molecule has 1 aromatic rings. The lowest BCUT2D eigenvalue weighted by Crippen LogP contribution is -2.37. The third-order valence-electron chi connectivity index (χ3n) is 3.24. The second-order valence-electron chi connectivity index (χ2n) is 4.47. The molecule has 8 heteroatoms. The van der Waals surface area contributed by atoms with Gasteiger partial charge >= 0.3 is 0 Å². The van der Waals surface area contributed by atoms with Crippen LogP contribution in [0.1, 0.15) is 16.8 Å². The predicted molar refractivity (Wildman–Crippen MR) is 64.3 cm³/mol. The van der Waals surface area contributed by atoms with Gasteiger partial charge in [-0.1, -0.05) is 0 Å². The van der Waals surface area contributed by atoms with Gasteiger partial charge in [0.05, 0.1) is 23.6 Å². The highest BCUT2D eigenvalue weighted by atomic mass is 19.2. The van der Waals surface area contributed by atoms with Gasteiger partial charge in [-0.3, -0.25) is 14.9 Å². The first-order valence-electron chi connectivity index (χ1n) is 5.90. The third-order valence-corrected chi connectivity index (χ3v) is 3.24. The number of benzene rings is 1. The monoisotopic (exact) mass is 286 g/mol.